The van der Waals surface area contributed by atoms with Gasteiger partial charge in [0.2, 0.25) is 5.91 Å². The summed E-state index contributed by atoms with van der Waals surface area (Å²) in [5, 5.41) is 2.27. The van der Waals surface area contributed by atoms with Crippen molar-refractivity contribution in [2.45, 2.75) is 19.8 Å². The number of likely N-dealkylation sites (tertiary alicyclic amines) is 1. The van der Waals surface area contributed by atoms with Crippen LogP contribution in [0.15, 0.2) is 30.7 Å². The fourth-order valence-electron chi connectivity index (χ4n) is 4.75. The number of amides is 1. The van der Waals surface area contributed by atoms with E-state index in [0.29, 0.717) is 18.4 Å². The number of carbonyl (C=O) groups is 1. The maximum absolute atomic E-state index is 12.7. The molecule has 1 N–H and O–H groups in total. The molecule has 0 bridgehead atoms. The smallest absolute Gasteiger partial charge is 0.236 e. The van der Waals surface area contributed by atoms with Crippen LogP contribution in [-0.2, 0) is 4.79 Å². The van der Waals surface area contributed by atoms with Gasteiger partial charge in [-0.05, 0) is 30.9 Å². The van der Waals surface area contributed by atoms with Gasteiger partial charge >= 0.3 is 0 Å². The average Bonchev–Trinajstić information content (AvgIpc) is 3.23. The molecule has 0 aromatic carbocycles. The van der Waals surface area contributed by atoms with Crippen LogP contribution in [0, 0.1) is 5.92 Å². The zero-order chi connectivity index (χ0) is 19.8. The molecule has 29 heavy (non-hydrogen) atoms. The predicted molar refractivity (Wildman–Crippen MR) is 115 cm³/mol. The van der Waals surface area contributed by atoms with Crippen molar-refractivity contribution in [1.29, 1.82) is 0 Å². The molecular formula is C22H28N6O. The molecule has 0 spiro atoms. The van der Waals surface area contributed by atoms with Crippen LogP contribution in [-0.4, -0.2) is 76.5 Å². The maximum Gasteiger partial charge on any atom is 0.236 e. The van der Waals surface area contributed by atoms with Gasteiger partial charge in [-0.2, -0.15) is 0 Å². The number of pyridine rings is 2. The SMILES string of the molecule is CC1CCCN(C(=O)CN2CCN(c3ccnc4cnc5[nH]ccc5c34)CC2)C1. The molecule has 0 saturated carbocycles. The molecule has 5 rings (SSSR count). The highest BCUT2D eigenvalue weighted by atomic mass is 16.2. The highest BCUT2D eigenvalue weighted by Gasteiger charge is 2.25. The number of carbonyl (C=O) groups excluding carboxylic acids is 1. The summed E-state index contributed by atoms with van der Waals surface area (Å²) in [5.41, 5.74) is 3.02. The maximum atomic E-state index is 12.7. The Morgan fingerprint density at radius 1 is 1.17 bits per heavy atom. The molecule has 2 saturated heterocycles. The van der Waals surface area contributed by atoms with Crippen LogP contribution in [0.1, 0.15) is 19.8 Å². The van der Waals surface area contributed by atoms with E-state index in [4.69, 9.17) is 0 Å². The molecule has 7 nitrogen and oxygen atoms in total. The lowest BCUT2D eigenvalue weighted by Gasteiger charge is -2.38. The Balaban J connectivity index is 1.29. The van der Waals surface area contributed by atoms with E-state index in [1.807, 2.05) is 18.6 Å². The second-order valence-corrected chi connectivity index (χ2v) is 8.44. The van der Waals surface area contributed by atoms with E-state index in [-0.39, 0.29) is 0 Å². The van der Waals surface area contributed by atoms with Crippen molar-refractivity contribution in [2.75, 3.05) is 50.7 Å². The van der Waals surface area contributed by atoms with E-state index >= 15 is 0 Å². The lowest BCUT2D eigenvalue weighted by molar-refractivity contribution is -0.134. The summed E-state index contributed by atoms with van der Waals surface area (Å²) in [7, 11) is 0. The van der Waals surface area contributed by atoms with E-state index in [1.54, 1.807) is 0 Å². The summed E-state index contributed by atoms with van der Waals surface area (Å²) in [6, 6.07) is 4.18. The number of hydrogen-bond acceptors (Lipinski definition) is 5. The third-order valence-electron chi connectivity index (χ3n) is 6.35. The minimum atomic E-state index is 0.291. The second-order valence-electron chi connectivity index (χ2n) is 8.44. The topological polar surface area (TPSA) is 68.4 Å². The highest BCUT2D eigenvalue weighted by Crippen LogP contribution is 2.31. The quantitative estimate of drug-likeness (QED) is 0.742. The standard InChI is InChI=1S/C22H28N6O/c1-16-3-2-8-28(14-16)20(29)15-26-9-11-27(12-10-26)19-5-7-23-18-13-25-22-17(21(18)19)4-6-24-22/h4-7,13,16H,2-3,8-12,14-15H2,1H3,(H,24,25). The van der Waals surface area contributed by atoms with Gasteiger partial charge < -0.3 is 14.8 Å². The number of piperazine rings is 1. The van der Waals surface area contributed by atoms with Gasteiger partial charge in [-0.15, -0.1) is 0 Å². The zero-order valence-corrected chi connectivity index (χ0v) is 17.0. The van der Waals surface area contributed by atoms with E-state index in [2.05, 4.69) is 48.7 Å². The van der Waals surface area contributed by atoms with Gasteiger partial charge in [0.05, 0.1) is 18.3 Å². The molecule has 2 aliphatic heterocycles. The summed E-state index contributed by atoms with van der Waals surface area (Å²) in [6.07, 6.45) is 8.01. The molecule has 2 fully saturated rings. The molecule has 152 valence electrons. The molecule has 3 aromatic rings. The van der Waals surface area contributed by atoms with E-state index in [0.717, 1.165) is 67.6 Å². The minimum absolute atomic E-state index is 0.291. The Hall–Kier alpha value is -2.67. The van der Waals surface area contributed by atoms with Crippen LogP contribution in [0.25, 0.3) is 21.9 Å². The second kappa shape index (κ2) is 7.63. The van der Waals surface area contributed by atoms with Gasteiger partial charge in [-0.25, -0.2) is 4.98 Å². The predicted octanol–water partition coefficient (Wildman–Crippen LogP) is 2.49. The summed E-state index contributed by atoms with van der Waals surface area (Å²) in [4.78, 5) is 31.7. The minimum Gasteiger partial charge on any atom is -0.368 e. The van der Waals surface area contributed by atoms with Gasteiger partial charge in [0, 0.05) is 68.1 Å². The molecule has 0 radical (unpaired) electrons. The first-order chi connectivity index (χ1) is 14.2. The Bertz CT molecular complexity index is 1020. The van der Waals surface area contributed by atoms with E-state index in [1.165, 1.54) is 12.1 Å². The lowest BCUT2D eigenvalue weighted by Crippen LogP contribution is -2.51. The number of piperidine rings is 1. The van der Waals surface area contributed by atoms with Crippen molar-refractivity contribution in [3.05, 3.63) is 30.7 Å². The number of nitrogens with one attached hydrogen (secondary N) is 1. The van der Waals surface area contributed by atoms with Gasteiger partial charge in [0.1, 0.15) is 5.65 Å². The lowest BCUT2D eigenvalue weighted by atomic mass is 10.0. The average molecular weight is 393 g/mol. The Labute approximate surface area is 170 Å². The molecule has 7 heteroatoms. The first-order valence-electron chi connectivity index (χ1n) is 10.6. The first-order valence-corrected chi connectivity index (χ1v) is 10.6. The van der Waals surface area contributed by atoms with Gasteiger partial charge in [-0.1, -0.05) is 6.92 Å². The van der Waals surface area contributed by atoms with Crippen LogP contribution in [0.4, 0.5) is 5.69 Å². The molecule has 5 heterocycles. The molecule has 1 unspecified atom stereocenters. The van der Waals surface area contributed by atoms with Crippen LogP contribution in [0.3, 0.4) is 0 Å². The van der Waals surface area contributed by atoms with Gasteiger partial charge in [-0.3, -0.25) is 14.7 Å². The van der Waals surface area contributed by atoms with Crippen LogP contribution in [0.2, 0.25) is 0 Å². The van der Waals surface area contributed by atoms with Gasteiger partial charge in [0.15, 0.2) is 0 Å². The fraction of sp³-hybridized carbons (Fsp3) is 0.500. The van der Waals surface area contributed by atoms with Crippen LogP contribution >= 0.6 is 0 Å². The largest absolute Gasteiger partial charge is 0.368 e. The summed E-state index contributed by atoms with van der Waals surface area (Å²) in [6.45, 7) is 8.27. The number of aromatic nitrogens is 3. The number of anilines is 1. The molecule has 2 aliphatic rings. The molecule has 3 aromatic heterocycles. The summed E-state index contributed by atoms with van der Waals surface area (Å²) in [5.74, 6) is 0.920. The third kappa shape index (κ3) is 3.55. The normalized spacial score (nSPS) is 21.2. The van der Waals surface area contributed by atoms with Crippen LogP contribution in [0.5, 0.6) is 0 Å². The number of fused-ring (bicyclic) bond motifs is 3. The fourth-order valence-corrected chi connectivity index (χ4v) is 4.75. The third-order valence-corrected chi connectivity index (χ3v) is 6.35. The molecule has 1 amide bonds. The summed E-state index contributed by atoms with van der Waals surface area (Å²) >= 11 is 0. The Kier molecular flexibility index (Phi) is 4.83. The van der Waals surface area contributed by atoms with Crippen molar-refractivity contribution in [1.82, 2.24) is 24.8 Å². The number of aromatic amines is 1. The highest BCUT2D eigenvalue weighted by molar-refractivity contribution is 6.09. The number of hydrogen-bond donors (Lipinski definition) is 1. The molecule has 1 atom stereocenters. The Morgan fingerprint density at radius 3 is 2.86 bits per heavy atom. The number of nitrogens with zero attached hydrogens (tertiary/aromatic N) is 5. The Morgan fingerprint density at radius 2 is 2.03 bits per heavy atom. The molecular weight excluding hydrogens is 364 g/mol. The van der Waals surface area contributed by atoms with Crippen molar-refractivity contribution < 1.29 is 4.79 Å². The first kappa shape index (κ1) is 18.4. The van der Waals surface area contributed by atoms with Crippen molar-refractivity contribution in [3.8, 4) is 0 Å². The van der Waals surface area contributed by atoms with Crippen molar-refractivity contribution in [3.63, 3.8) is 0 Å². The molecule has 0 aliphatic carbocycles. The number of H-pyrrole nitrogens is 1. The van der Waals surface area contributed by atoms with Gasteiger partial charge in [0.25, 0.3) is 0 Å². The van der Waals surface area contributed by atoms with Crippen molar-refractivity contribution >= 4 is 33.5 Å². The van der Waals surface area contributed by atoms with Crippen LogP contribution < -0.4 is 4.90 Å². The monoisotopic (exact) mass is 392 g/mol. The number of rotatable bonds is 3. The summed E-state index contributed by atoms with van der Waals surface area (Å²) < 4.78 is 0. The van der Waals surface area contributed by atoms with Crippen molar-refractivity contribution in [2.24, 2.45) is 5.92 Å². The van der Waals surface area contributed by atoms with E-state index in [9.17, 15) is 4.79 Å². The van der Waals surface area contributed by atoms with E-state index < -0.39 is 0 Å². The zero-order valence-electron chi connectivity index (χ0n) is 17.0.